The third-order valence-electron chi connectivity index (χ3n) is 3.37. The number of rotatable bonds is 6. The van der Waals surface area contributed by atoms with Gasteiger partial charge in [0.15, 0.2) is 0 Å². The van der Waals surface area contributed by atoms with Crippen molar-refractivity contribution in [3.8, 4) is 17.2 Å². The van der Waals surface area contributed by atoms with Crippen LogP contribution in [0.2, 0.25) is 0 Å². The summed E-state index contributed by atoms with van der Waals surface area (Å²) in [6.07, 6.45) is -0.113. The average molecular weight is 477 g/mol. The molecule has 2 aromatic rings. The summed E-state index contributed by atoms with van der Waals surface area (Å²) in [5.41, 5.74) is 0.499. The minimum Gasteiger partial charge on any atom is -0.496 e. The normalized spacial score (nSPS) is 11.4. The Bertz CT molecular complexity index is 852. The van der Waals surface area contributed by atoms with Gasteiger partial charge in [0.2, 0.25) is 0 Å². The number of hydrogen-bond acceptors (Lipinski definition) is 5. The highest BCUT2D eigenvalue weighted by Gasteiger charge is 2.22. The van der Waals surface area contributed by atoms with E-state index in [2.05, 4.69) is 31.9 Å². The van der Waals surface area contributed by atoms with Gasteiger partial charge in [-0.3, -0.25) is 4.79 Å². The third kappa shape index (κ3) is 4.20. The minimum absolute atomic E-state index is 0.0505. The second-order valence-corrected chi connectivity index (χ2v) is 7.12. The molecule has 0 unspecified atom stereocenters. The minimum atomic E-state index is -0.426. The number of carbonyl (C=O) groups excluding carboxylic acids is 1. The van der Waals surface area contributed by atoms with Gasteiger partial charge in [-0.1, -0.05) is 0 Å². The first-order chi connectivity index (χ1) is 12.2. The van der Waals surface area contributed by atoms with Crippen LogP contribution in [0.15, 0.2) is 21.1 Å². The fraction of sp³-hybridized carbons (Fsp3) is 0.389. The molecule has 0 spiro atoms. The first-order valence-electron chi connectivity index (χ1n) is 8.08. The van der Waals surface area contributed by atoms with E-state index in [1.54, 1.807) is 20.3 Å². The molecule has 2 rings (SSSR count). The van der Waals surface area contributed by atoms with Crippen molar-refractivity contribution in [2.75, 3.05) is 14.2 Å². The van der Waals surface area contributed by atoms with Crippen molar-refractivity contribution in [3.63, 3.8) is 0 Å². The van der Waals surface area contributed by atoms with E-state index in [0.717, 1.165) is 0 Å². The summed E-state index contributed by atoms with van der Waals surface area (Å²) < 4.78 is 31.9. The van der Waals surface area contributed by atoms with Gasteiger partial charge in [0, 0.05) is 23.9 Å². The third-order valence-corrected chi connectivity index (χ3v) is 5.00. The first kappa shape index (κ1) is 18.3. The lowest BCUT2D eigenvalue weighted by atomic mass is 10.0. The molecule has 0 amide bonds. The summed E-state index contributed by atoms with van der Waals surface area (Å²) in [4.78, 5) is 11.3. The topological polar surface area (TPSA) is 54.0 Å². The van der Waals surface area contributed by atoms with Gasteiger partial charge < -0.3 is 18.9 Å². The van der Waals surface area contributed by atoms with Crippen LogP contribution < -0.4 is 14.2 Å². The summed E-state index contributed by atoms with van der Waals surface area (Å²) in [7, 11) is 3.09. The van der Waals surface area contributed by atoms with E-state index in [1.165, 1.54) is 6.92 Å². The Labute approximate surface area is 165 Å². The van der Waals surface area contributed by atoms with Crippen LogP contribution >= 0.6 is 31.9 Å². The van der Waals surface area contributed by atoms with Gasteiger partial charge in [-0.05, 0) is 51.7 Å². The molecule has 136 valence electrons. The molecule has 0 fully saturated rings. The van der Waals surface area contributed by atoms with Crippen LogP contribution in [0.5, 0.6) is 17.2 Å². The summed E-state index contributed by atoms with van der Waals surface area (Å²) in [5.74, 6) is 1.14. The van der Waals surface area contributed by atoms with Crippen molar-refractivity contribution in [3.05, 3.63) is 26.6 Å². The zero-order valence-electron chi connectivity index (χ0n) is 15.7. The van der Waals surface area contributed by atoms with Crippen molar-refractivity contribution < 1.29 is 25.1 Å². The average Bonchev–Trinajstić information content (AvgIpc) is 2.57. The van der Waals surface area contributed by atoms with Crippen LogP contribution in [0.3, 0.4) is 0 Å². The van der Waals surface area contributed by atoms with E-state index >= 15 is 0 Å². The number of hydrogen-bond donors (Lipinski definition) is 0. The highest BCUT2D eigenvalue weighted by molar-refractivity contribution is 9.11. The molecule has 25 heavy (non-hydrogen) atoms. The molecule has 0 radical (unpaired) electrons. The van der Waals surface area contributed by atoms with Crippen LogP contribution in [0.25, 0.3) is 10.8 Å². The maximum absolute atomic E-state index is 11.3. The maximum Gasteiger partial charge on any atom is 0.302 e. The number of halogens is 2. The lowest BCUT2D eigenvalue weighted by Crippen LogP contribution is -2.09. The van der Waals surface area contributed by atoms with Crippen molar-refractivity contribution in [2.45, 2.75) is 33.5 Å². The fourth-order valence-corrected chi connectivity index (χ4v) is 3.41. The van der Waals surface area contributed by atoms with E-state index < -0.39 is 5.97 Å². The van der Waals surface area contributed by atoms with E-state index in [9.17, 15) is 4.79 Å². The number of benzene rings is 2. The van der Waals surface area contributed by atoms with E-state index in [-0.39, 0.29) is 18.8 Å². The van der Waals surface area contributed by atoms with Gasteiger partial charge in [0.05, 0.1) is 36.0 Å². The standard InChI is InChI=1S/C18H20Br2O5/c1-9(2)25-18-15-12(6-11(16(18)19)8-24-10(3)21)17(20)14(23-5)7-13(15)22-4/h6-7,9H,8H2,1-5H3/i6D. The van der Waals surface area contributed by atoms with E-state index in [1.807, 2.05) is 13.8 Å². The van der Waals surface area contributed by atoms with Crippen LogP contribution in [0.4, 0.5) is 0 Å². The first-order valence-corrected chi connectivity index (χ1v) is 9.16. The molecule has 7 heteroatoms. The van der Waals surface area contributed by atoms with Gasteiger partial charge in [0.25, 0.3) is 0 Å². The second kappa shape index (κ2) is 8.27. The summed E-state index contributed by atoms with van der Waals surface area (Å²) in [6.45, 7) is 5.09. The molecule has 0 N–H and O–H groups in total. The quantitative estimate of drug-likeness (QED) is 0.534. The molecule has 0 heterocycles. The molecule has 0 aromatic heterocycles. The molecule has 0 bridgehead atoms. The molecule has 0 aliphatic heterocycles. The van der Waals surface area contributed by atoms with Crippen LogP contribution in [0, 0.1) is 0 Å². The Hall–Kier alpha value is -1.47. The van der Waals surface area contributed by atoms with Crippen molar-refractivity contribution in [2.24, 2.45) is 0 Å². The van der Waals surface area contributed by atoms with Gasteiger partial charge in [-0.25, -0.2) is 0 Å². The van der Waals surface area contributed by atoms with Crippen molar-refractivity contribution in [1.29, 1.82) is 0 Å². The van der Waals surface area contributed by atoms with Gasteiger partial charge in [0.1, 0.15) is 23.9 Å². The Morgan fingerprint density at radius 1 is 1.20 bits per heavy atom. The largest absolute Gasteiger partial charge is 0.496 e. The van der Waals surface area contributed by atoms with Crippen LogP contribution in [-0.2, 0) is 16.1 Å². The molecule has 0 atom stereocenters. The van der Waals surface area contributed by atoms with Gasteiger partial charge >= 0.3 is 5.97 Å². The van der Waals surface area contributed by atoms with Crippen molar-refractivity contribution in [1.82, 2.24) is 0 Å². The number of esters is 1. The smallest absolute Gasteiger partial charge is 0.302 e. The van der Waals surface area contributed by atoms with E-state index in [0.29, 0.717) is 42.5 Å². The predicted octanol–water partition coefficient (Wildman–Crippen LogP) is 5.23. The van der Waals surface area contributed by atoms with Gasteiger partial charge in [-0.15, -0.1) is 0 Å². The van der Waals surface area contributed by atoms with Crippen LogP contribution in [0.1, 0.15) is 27.7 Å². The molecule has 0 aliphatic rings. The Balaban J connectivity index is 2.94. The van der Waals surface area contributed by atoms with E-state index in [4.69, 9.17) is 20.3 Å². The van der Waals surface area contributed by atoms with Crippen molar-refractivity contribution >= 4 is 48.6 Å². The summed E-state index contributed by atoms with van der Waals surface area (Å²) in [5, 5.41) is 1.19. The fourth-order valence-electron chi connectivity index (χ4n) is 2.34. The highest BCUT2D eigenvalue weighted by Crippen LogP contribution is 2.48. The lowest BCUT2D eigenvalue weighted by molar-refractivity contribution is -0.142. The molecular formula is C18H20Br2O5. The van der Waals surface area contributed by atoms with Gasteiger partial charge in [-0.2, -0.15) is 0 Å². The molecule has 0 saturated heterocycles. The summed E-state index contributed by atoms with van der Waals surface area (Å²) >= 11 is 7.03. The SMILES string of the molecule is [2H]c1c(COC(C)=O)c(Br)c(OC(C)C)c2c(OC)cc(OC)c(Br)c12. The lowest BCUT2D eigenvalue weighted by Gasteiger charge is -2.20. The monoisotopic (exact) mass is 475 g/mol. The maximum atomic E-state index is 11.3. The Morgan fingerprint density at radius 2 is 1.84 bits per heavy atom. The zero-order chi connectivity index (χ0) is 19.6. The molecule has 0 saturated carbocycles. The molecule has 0 aliphatic carbocycles. The number of carbonyl (C=O) groups is 1. The predicted molar refractivity (Wildman–Crippen MR) is 104 cm³/mol. The number of ether oxygens (including phenoxy) is 4. The molecule has 2 aromatic carbocycles. The molecular weight excluding hydrogens is 456 g/mol. The zero-order valence-corrected chi connectivity index (χ0v) is 17.8. The Morgan fingerprint density at radius 3 is 2.36 bits per heavy atom. The summed E-state index contributed by atoms with van der Waals surface area (Å²) in [6, 6.07) is 1.92. The Kier molecular flexibility index (Phi) is 6.06. The van der Waals surface area contributed by atoms with Crippen LogP contribution in [-0.4, -0.2) is 26.3 Å². The highest BCUT2D eigenvalue weighted by atomic mass is 79.9. The second-order valence-electron chi connectivity index (χ2n) is 5.54. The molecule has 5 nitrogen and oxygen atoms in total. The number of methoxy groups -OCH3 is 2. The number of fused-ring (bicyclic) bond motifs is 1.